The van der Waals surface area contributed by atoms with Crippen molar-refractivity contribution in [2.24, 2.45) is 23.2 Å². The molecule has 46 heavy (non-hydrogen) atoms. The Hall–Kier alpha value is -3.34. The molecule has 4 unspecified atom stereocenters. The van der Waals surface area contributed by atoms with Gasteiger partial charge in [0.2, 0.25) is 5.91 Å². The smallest absolute Gasteiger partial charge is 0.282 e. The number of nitrogens with one attached hydrogen (secondary N) is 1. The van der Waals surface area contributed by atoms with Crippen molar-refractivity contribution in [3.05, 3.63) is 35.9 Å². The maximum Gasteiger partial charge on any atom is 0.282 e. The number of rotatable bonds is 8. The Kier molecular flexibility index (Phi) is 8.18. The van der Waals surface area contributed by atoms with Gasteiger partial charge in [0.25, 0.3) is 11.8 Å². The molecule has 3 aliphatic heterocycles. The maximum atomic E-state index is 14.4. The number of halogens is 1. The Balaban J connectivity index is 0.970. The van der Waals surface area contributed by atoms with Crippen molar-refractivity contribution >= 4 is 17.6 Å². The average molecular weight is 634 g/mol. The number of ether oxygens (including phenoxy) is 1. The number of aromatic nitrogens is 3. The number of hydrogen-bond acceptors (Lipinski definition) is 8. The largest absolute Gasteiger partial charge is 0.434 e. The van der Waals surface area contributed by atoms with E-state index in [9.17, 15) is 14.0 Å². The van der Waals surface area contributed by atoms with Crippen molar-refractivity contribution in [1.29, 1.82) is 0 Å². The fraction of sp³-hybridized carbons (Fsp3) is 0.686. The third-order valence-electron chi connectivity index (χ3n) is 11.8. The molecule has 3 saturated carbocycles. The monoisotopic (exact) mass is 633 g/mol. The molecule has 2 bridgehead atoms. The zero-order valence-corrected chi connectivity index (χ0v) is 27.7. The zero-order valence-electron chi connectivity index (χ0n) is 27.7. The van der Waals surface area contributed by atoms with E-state index < -0.39 is 5.82 Å². The van der Waals surface area contributed by atoms with Gasteiger partial charge in [0.1, 0.15) is 17.9 Å². The van der Waals surface area contributed by atoms with Crippen molar-refractivity contribution in [3.8, 4) is 11.6 Å². The van der Waals surface area contributed by atoms with Gasteiger partial charge in [-0.05, 0) is 122 Å². The highest BCUT2D eigenvalue weighted by Gasteiger charge is 2.54. The summed E-state index contributed by atoms with van der Waals surface area (Å²) in [6.07, 6.45) is 10.5. The summed E-state index contributed by atoms with van der Waals surface area (Å²) in [4.78, 5) is 36.7. The first-order valence-corrected chi connectivity index (χ1v) is 17.3. The SMILES string of the molecule is CC(C)N(C(=O)c1cc(F)ccc1Oc1nncnc1N1CC2(CCN(CC3CC4CCC3CC43CCC(=O)N3)CC2)C1)C(C)C. The van der Waals surface area contributed by atoms with Crippen molar-refractivity contribution in [3.63, 3.8) is 0 Å². The fourth-order valence-electron chi connectivity index (χ4n) is 9.53. The van der Waals surface area contributed by atoms with E-state index in [-0.39, 0.29) is 52.0 Å². The number of nitrogens with zero attached hydrogens (tertiary/aromatic N) is 6. The van der Waals surface area contributed by atoms with Gasteiger partial charge in [0, 0.05) is 49.1 Å². The first-order valence-electron chi connectivity index (χ1n) is 17.3. The second-order valence-electron chi connectivity index (χ2n) is 15.3. The maximum absolute atomic E-state index is 14.4. The molecular weight excluding hydrogens is 585 g/mol. The predicted octanol–water partition coefficient (Wildman–Crippen LogP) is 5.05. The van der Waals surface area contributed by atoms with Crippen LogP contribution in [0.25, 0.3) is 0 Å². The molecule has 10 nitrogen and oxygen atoms in total. The van der Waals surface area contributed by atoms with Crippen LogP contribution in [0.15, 0.2) is 24.5 Å². The minimum atomic E-state index is -0.501. The molecule has 2 aromatic rings. The lowest BCUT2D eigenvalue weighted by atomic mass is 9.55. The Bertz CT molecular complexity index is 1460. The molecule has 1 aromatic carbocycles. The summed E-state index contributed by atoms with van der Waals surface area (Å²) in [5.74, 6) is 2.65. The minimum Gasteiger partial charge on any atom is -0.434 e. The van der Waals surface area contributed by atoms with E-state index in [1.807, 2.05) is 27.7 Å². The van der Waals surface area contributed by atoms with Gasteiger partial charge < -0.3 is 24.8 Å². The minimum absolute atomic E-state index is 0.0628. The van der Waals surface area contributed by atoms with Crippen molar-refractivity contribution in [1.82, 2.24) is 30.3 Å². The van der Waals surface area contributed by atoms with Gasteiger partial charge in [0.05, 0.1) is 5.56 Å². The molecule has 8 rings (SSSR count). The van der Waals surface area contributed by atoms with Gasteiger partial charge >= 0.3 is 0 Å². The normalized spacial score (nSPS) is 28.6. The Morgan fingerprint density at radius 2 is 1.89 bits per heavy atom. The summed E-state index contributed by atoms with van der Waals surface area (Å²) in [5.41, 5.74) is 0.502. The van der Waals surface area contributed by atoms with Gasteiger partial charge in [-0.3, -0.25) is 9.59 Å². The predicted molar refractivity (Wildman–Crippen MR) is 172 cm³/mol. The molecule has 248 valence electrons. The second kappa shape index (κ2) is 12.0. The third kappa shape index (κ3) is 5.73. The Morgan fingerprint density at radius 3 is 2.54 bits per heavy atom. The van der Waals surface area contributed by atoms with E-state index in [0.717, 1.165) is 57.3 Å². The van der Waals surface area contributed by atoms with Crippen molar-refractivity contribution < 1.29 is 18.7 Å². The lowest BCUT2D eigenvalue weighted by molar-refractivity contribution is -0.121. The van der Waals surface area contributed by atoms with Crippen LogP contribution in [0, 0.1) is 29.0 Å². The Labute approximate surface area is 271 Å². The van der Waals surface area contributed by atoms with Crippen LogP contribution in [0.4, 0.5) is 10.2 Å². The summed E-state index contributed by atoms with van der Waals surface area (Å²) >= 11 is 0. The first-order chi connectivity index (χ1) is 22.0. The molecule has 6 aliphatic rings. The molecule has 1 N–H and O–H groups in total. The number of carbonyl (C=O) groups is 2. The van der Waals surface area contributed by atoms with Crippen LogP contribution >= 0.6 is 0 Å². The molecule has 1 aromatic heterocycles. The Morgan fingerprint density at radius 1 is 1.13 bits per heavy atom. The molecule has 2 amide bonds. The number of carbonyl (C=O) groups excluding carboxylic acids is 2. The lowest BCUT2D eigenvalue weighted by Gasteiger charge is -2.56. The second-order valence-corrected chi connectivity index (χ2v) is 15.3. The highest BCUT2D eigenvalue weighted by Crippen LogP contribution is 2.54. The molecule has 2 spiro atoms. The van der Waals surface area contributed by atoms with Gasteiger partial charge in [0.15, 0.2) is 5.82 Å². The topological polar surface area (TPSA) is 104 Å². The van der Waals surface area contributed by atoms with Crippen molar-refractivity contribution in [2.45, 2.75) is 96.7 Å². The van der Waals surface area contributed by atoms with Crippen LogP contribution in [0.3, 0.4) is 0 Å². The standard InChI is InChI=1S/C35H48FN7O3/c1-22(2)43(23(3)4)33(45)28-16-27(36)7-8-29(28)46-32-31(37-21-38-40-32)42-19-34(20-42)11-13-41(14-12-34)18-25-15-26-6-5-24(25)17-35(26)10-9-30(44)39-35/h7-8,16,21-26H,5-6,9-15,17-20H2,1-4H3,(H,39,44). The van der Waals surface area contributed by atoms with E-state index in [1.165, 1.54) is 56.8 Å². The molecule has 4 atom stereocenters. The number of amides is 2. The summed E-state index contributed by atoms with van der Waals surface area (Å²) in [7, 11) is 0. The number of hydrogen-bond donors (Lipinski definition) is 1. The molecule has 0 radical (unpaired) electrons. The lowest BCUT2D eigenvalue weighted by Crippen LogP contribution is -2.62. The van der Waals surface area contributed by atoms with Crippen LogP contribution < -0.4 is 15.0 Å². The number of likely N-dealkylation sites (tertiary alicyclic amines) is 1. The summed E-state index contributed by atoms with van der Waals surface area (Å²) in [6.45, 7) is 12.9. The highest BCUT2D eigenvalue weighted by atomic mass is 19.1. The zero-order chi connectivity index (χ0) is 32.2. The summed E-state index contributed by atoms with van der Waals surface area (Å²) < 4.78 is 20.6. The van der Waals surface area contributed by atoms with Crippen LogP contribution in [0.2, 0.25) is 0 Å². The van der Waals surface area contributed by atoms with Crippen LogP contribution in [-0.2, 0) is 4.79 Å². The first kappa shape index (κ1) is 31.3. The number of anilines is 1. The van der Waals surface area contributed by atoms with Crippen LogP contribution in [0.5, 0.6) is 11.6 Å². The molecule has 6 fully saturated rings. The molecule has 3 aliphatic carbocycles. The van der Waals surface area contributed by atoms with Crippen LogP contribution in [0.1, 0.15) is 89.4 Å². The van der Waals surface area contributed by atoms with E-state index in [4.69, 9.17) is 4.74 Å². The van der Waals surface area contributed by atoms with Gasteiger partial charge in [-0.1, -0.05) is 0 Å². The highest BCUT2D eigenvalue weighted by molar-refractivity contribution is 5.97. The summed E-state index contributed by atoms with van der Waals surface area (Å²) in [6, 6.07) is 3.88. The van der Waals surface area contributed by atoms with E-state index in [1.54, 1.807) is 4.90 Å². The third-order valence-corrected chi connectivity index (χ3v) is 11.8. The number of fused-ring (bicyclic) bond motifs is 2. The quantitative estimate of drug-likeness (QED) is 0.431. The molecular formula is C35H48FN7O3. The molecule has 3 saturated heterocycles. The van der Waals surface area contributed by atoms with E-state index >= 15 is 0 Å². The average Bonchev–Trinajstić information content (AvgIpc) is 3.37. The van der Waals surface area contributed by atoms with E-state index in [2.05, 4.69) is 30.3 Å². The molecule has 11 heteroatoms. The van der Waals surface area contributed by atoms with Gasteiger partial charge in [-0.15, -0.1) is 10.2 Å². The van der Waals surface area contributed by atoms with Crippen molar-refractivity contribution in [2.75, 3.05) is 37.6 Å². The van der Waals surface area contributed by atoms with Gasteiger partial charge in [-0.25, -0.2) is 9.37 Å². The van der Waals surface area contributed by atoms with E-state index in [0.29, 0.717) is 18.2 Å². The number of piperidine rings is 1. The number of benzene rings is 1. The molecule has 4 heterocycles. The fourth-order valence-corrected chi connectivity index (χ4v) is 9.53. The van der Waals surface area contributed by atoms with Gasteiger partial charge in [-0.2, -0.15) is 0 Å². The van der Waals surface area contributed by atoms with Crippen LogP contribution in [-0.4, -0.2) is 87.1 Å². The summed E-state index contributed by atoms with van der Waals surface area (Å²) in [5, 5.41) is 11.6.